The Kier molecular flexibility index (Phi) is 6.20. The zero-order chi connectivity index (χ0) is 17.6. The molecule has 0 bridgehead atoms. The Hall–Kier alpha value is -2.08. The lowest BCUT2D eigenvalue weighted by Crippen LogP contribution is -2.44. The van der Waals surface area contributed by atoms with Crippen LogP contribution in [-0.2, 0) is 21.0 Å². The molecule has 6 nitrogen and oxygen atoms in total. The van der Waals surface area contributed by atoms with E-state index in [1.54, 1.807) is 4.90 Å². The molecule has 1 heterocycles. The summed E-state index contributed by atoms with van der Waals surface area (Å²) < 4.78 is 5.35. The highest BCUT2D eigenvalue weighted by atomic mass is 16.6. The SMILES string of the molecule is CC(C)(C)OC(=O)N1CCC(C(=O)NOCc2ccccc2)CC1. The molecule has 1 aromatic rings. The molecule has 0 unspecified atom stereocenters. The predicted molar refractivity (Wildman–Crippen MR) is 89.9 cm³/mol. The normalized spacial score (nSPS) is 15.9. The molecule has 0 aromatic heterocycles. The van der Waals surface area contributed by atoms with Gasteiger partial charge in [-0.25, -0.2) is 10.3 Å². The number of nitrogens with one attached hydrogen (secondary N) is 1. The van der Waals surface area contributed by atoms with E-state index in [-0.39, 0.29) is 17.9 Å². The average molecular weight is 334 g/mol. The molecule has 0 spiro atoms. The Morgan fingerprint density at radius 3 is 2.38 bits per heavy atom. The summed E-state index contributed by atoms with van der Waals surface area (Å²) in [5.41, 5.74) is 3.00. The molecule has 0 aliphatic carbocycles. The number of carbonyl (C=O) groups is 2. The maximum Gasteiger partial charge on any atom is 0.410 e. The number of rotatable bonds is 4. The number of hydrogen-bond acceptors (Lipinski definition) is 4. The number of benzene rings is 1. The maximum atomic E-state index is 12.1. The van der Waals surface area contributed by atoms with Crippen molar-refractivity contribution < 1.29 is 19.2 Å². The van der Waals surface area contributed by atoms with Gasteiger partial charge in [-0.1, -0.05) is 30.3 Å². The van der Waals surface area contributed by atoms with Crippen molar-refractivity contribution in [2.24, 2.45) is 5.92 Å². The molecular formula is C18H26N2O4. The van der Waals surface area contributed by atoms with Gasteiger partial charge in [-0.05, 0) is 39.2 Å². The fourth-order valence-electron chi connectivity index (χ4n) is 2.50. The molecule has 1 aliphatic rings. The molecule has 2 rings (SSSR count). The van der Waals surface area contributed by atoms with Gasteiger partial charge < -0.3 is 9.64 Å². The quantitative estimate of drug-likeness (QED) is 0.860. The van der Waals surface area contributed by atoms with E-state index in [1.165, 1.54) is 0 Å². The van der Waals surface area contributed by atoms with E-state index in [1.807, 2.05) is 51.1 Å². The Labute approximate surface area is 143 Å². The van der Waals surface area contributed by atoms with Crippen molar-refractivity contribution in [3.05, 3.63) is 35.9 Å². The van der Waals surface area contributed by atoms with Crippen LogP contribution in [-0.4, -0.2) is 35.6 Å². The van der Waals surface area contributed by atoms with Crippen molar-refractivity contribution in [3.63, 3.8) is 0 Å². The summed E-state index contributed by atoms with van der Waals surface area (Å²) >= 11 is 0. The van der Waals surface area contributed by atoms with Gasteiger partial charge >= 0.3 is 6.09 Å². The van der Waals surface area contributed by atoms with Gasteiger partial charge in [0.25, 0.3) is 0 Å². The second-order valence-electron chi connectivity index (χ2n) is 6.98. The second kappa shape index (κ2) is 8.15. The molecule has 2 amide bonds. The molecule has 1 fully saturated rings. The molecule has 24 heavy (non-hydrogen) atoms. The fraction of sp³-hybridized carbons (Fsp3) is 0.556. The molecule has 1 aromatic carbocycles. The standard InChI is InChI=1S/C18H26N2O4/c1-18(2,3)24-17(22)20-11-9-15(10-12-20)16(21)19-23-13-14-7-5-4-6-8-14/h4-8,15H,9-13H2,1-3H3,(H,19,21). The van der Waals surface area contributed by atoms with E-state index in [0.29, 0.717) is 32.5 Å². The van der Waals surface area contributed by atoms with Gasteiger partial charge in [-0.15, -0.1) is 0 Å². The van der Waals surface area contributed by atoms with Crippen molar-refractivity contribution in [1.82, 2.24) is 10.4 Å². The molecule has 0 atom stereocenters. The van der Waals surface area contributed by atoms with Gasteiger partial charge in [-0.3, -0.25) is 9.63 Å². The summed E-state index contributed by atoms with van der Waals surface area (Å²) in [4.78, 5) is 31.0. The highest BCUT2D eigenvalue weighted by Gasteiger charge is 2.29. The third kappa shape index (κ3) is 5.85. The monoisotopic (exact) mass is 334 g/mol. The number of piperidine rings is 1. The molecular weight excluding hydrogens is 308 g/mol. The molecule has 0 radical (unpaired) electrons. The molecule has 6 heteroatoms. The van der Waals surface area contributed by atoms with Crippen molar-refractivity contribution in [2.45, 2.75) is 45.8 Å². The average Bonchev–Trinajstić information content (AvgIpc) is 2.54. The topological polar surface area (TPSA) is 67.9 Å². The largest absolute Gasteiger partial charge is 0.444 e. The number of carbonyl (C=O) groups excluding carboxylic acids is 2. The van der Waals surface area contributed by atoms with E-state index >= 15 is 0 Å². The van der Waals surface area contributed by atoms with E-state index in [9.17, 15) is 9.59 Å². The van der Waals surface area contributed by atoms with Gasteiger partial charge in [0.05, 0.1) is 6.61 Å². The first-order valence-electron chi connectivity index (χ1n) is 8.28. The van der Waals surface area contributed by atoms with Gasteiger partial charge in [-0.2, -0.15) is 0 Å². The number of nitrogens with zero attached hydrogens (tertiary/aromatic N) is 1. The lowest BCUT2D eigenvalue weighted by molar-refractivity contribution is -0.140. The van der Waals surface area contributed by atoms with Crippen LogP contribution < -0.4 is 5.48 Å². The van der Waals surface area contributed by atoms with Crippen LogP contribution in [0.4, 0.5) is 4.79 Å². The molecule has 1 saturated heterocycles. The van der Waals surface area contributed by atoms with Gasteiger partial charge in [0, 0.05) is 19.0 Å². The summed E-state index contributed by atoms with van der Waals surface area (Å²) in [6.45, 7) is 6.90. The van der Waals surface area contributed by atoms with E-state index in [0.717, 1.165) is 5.56 Å². The summed E-state index contributed by atoms with van der Waals surface area (Å²) in [5, 5.41) is 0. The van der Waals surface area contributed by atoms with Crippen LogP contribution in [0.15, 0.2) is 30.3 Å². The van der Waals surface area contributed by atoms with Crippen LogP contribution in [0.2, 0.25) is 0 Å². The molecule has 1 N–H and O–H groups in total. The van der Waals surface area contributed by atoms with Crippen LogP contribution in [0.1, 0.15) is 39.2 Å². The fourth-order valence-corrected chi connectivity index (χ4v) is 2.50. The van der Waals surface area contributed by atoms with Crippen LogP contribution in [0, 0.1) is 5.92 Å². The van der Waals surface area contributed by atoms with Crippen molar-refractivity contribution in [2.75, 3.05) is 13.1 Å². The highest BCUT2D eigenvalue weighted by molar-refractivity contribution is 5.78. The number of ether oxygens (including phenoxy) is 1. The minimum Gasteiger partial charge on any atom is -0.444 e. The lowest BCUT2D eigenvalue weighted by atomic mass is 9.96. The third-order valence-electron chi connectivity index (χ3n) is 3.77. The second-order valence-corrected chi connectivity index (χ2v) is 6.98. The van der Waals surface area contributed by atoms with Gasteiger partial charge in [0.1, 0.15) is 5.60 Å². The van der Waals surface area contributed by atoms with E-state index < -0.39 is 5.60 Å². The first kappa shape index (κ1) is 18.3. The van der Waals surface area contributed by atoms with E-state index in [2.05, 4.69) is 5.48 Å². The Morgan fingerprint density at radius 1 is 1.17 bits per heavy atom. The zero-order valence-corrected chi connectivity index (χ0v) is 14.6. The minimum absolute atomic E-state index is 0.130. The highest BCUT2D eigenvalue weighted by Crippen LogP contribution is 2.19. The van der Waals surface area contributed by atoms with E-state index in [4.69, 9.17) is 9.57 Å². The number of likely N-dealkylation sites (tertiary alicyclic amines) is 1. The molecule has 132 valence electrons. The van der Waals surface area contributed by atoms with Crippen molar-refractivity contribution in [3.8, 4) is 0 Å². The number of hydrogen-bond donors (Lipinski definition) is 1. The smallest absolute Gasteiger partial charge is 0.410 e. The molecule has 1 aliphatic heterocycles. The van der Waals surface area contributed by atoms with Crippen LogP contribution in [0.3, 0.4) is 0 Å². The van der Waals surface area contributed by atoms with Crippen LogP contribution in [0.5, 0.6) is 0 Å². The number of hydroxylamine groups is 1. The zero-order valence-electron chi connectivity index (χ0n) is 14.6. The third-order valence-corrected chi connectivity index (χ3v) is 3.77. The summed E-state index contributed by atoms with van der Waals surface area (Å²) in [5.74, 6) is -0.269. The molecule has 0 saturated carbocycles. The van der Waals surface area contributed by atoms with Gasteiger partial charge in [0.2, 0.25) is 5.91 Å². The first-order chi connectivity index (χ1) is 11.3. The van der Waals surface area contributed by atoms with Crippen LogP contribution in [0.25, 0.3) is 0 Å². The minimum atomic E-state index is -0.503. The van der Waals surface area contributed by atoms with Gasteiger partial charge in [0.15, 0.2) is 0 Å². The lowest BCUT2D eigenvalue weighted by Gasteiger charge is -2.32. The Balaban J connectivity index is 1.70. The first-order valence-corrected chi connectivity index (χ1v) is 8.28. The van der Waals surface area contributed by atoms with Crippen molar-refractivity contribution >= 4 is 12.0 Å². The summed E-state index contributed by atoms with van der Waals surface area (Å²) in [6, 6.07) is 9.65. The summed E-state index contributed by atoms with van der Waals surface area (Å²) in [6.07, 6.45) is 0.904. The number of amides is 2. The van der Waals surface area contributed by atoms with Crippen LogP contribution >= 0.6 is 0 Å². The van der Waals surface area contributed by atoms with Crippen molar-refractivity contribution in [1.29, 1.82) is 0 Å². The summed E-state index contributed by atoms with van der Waals surface area (Å²) in [7, 11) is 0. The Bertz CT molecular complexity index is 546. The Morgan fingerprint density at radius 2 is 1.79 bits per heavy atom. The maximum absolute atomic E-state index is 12.1. The predicted octanol–water partition coefficient (Wildman–Crippen LogP) is 2.88.